The second-order valence-corrected chi connectivity index (χ2v) is 7.45. The second kappa shape index (κ2) is 5.51. The molecule has 146 valence electrons. The highest BCUT2D eigenvalue weighted by atomic mass is 19.2. The molecule has 0 radical (unpaired) electrons. The lowest BCUT2D eigenvalue weighted by Crippen LogP contribution is -2.74. The predicted octanol–water partition coefficient (Wildman–Crippen LogP) is 1.24. The predicted molar refractivity (Wildman–Crippen MR) is 92.9 cm³/mol. The molecule has 3 atom stereocenters. The lowest BCUT2D eigenvalue weighted by atomic mass is 9.66. The Kier molecular flexibility index (Phi) is 3.36. The molecule has 1 aromatic carbocycles. The van der Waals surface area contributed by atoms with Crippen LogP contribution in [0.4, 0.5) is 15.0 Å². The number of hydrogen-bond acceptors (Lipinski definition) is 7. The Hall–Kier alpha value is -3.01. The molecular weight excluding hydrogens is 371 g/mol. The van der Waals surface area contributed by atoms with Crippen LogP contribution < -0.4 is 10.2 Å². The standard InChI is InChI=1S/C18H17FN4O5/c1-8-11-5-10-7-18(15(24)20-17(26)23(19)16(18)25)14-9(2)27-4-3-22(14)12(10)6-13(11)28-21-8/h5-6,9,14H,3-4,7H2,1-2H3,(H,20,24,26). The number of carbonyl (C=O) groups is 3. The molecule has 9 nitrogen and oxygen atoms in total. The molecule has 2 saturated heterocycles. The molecule has 3 unspecified atom stereocenters. The van der Waals surface area contributed by atoms with Gasteiger partial charge in [-0.3, -0.25) is 14.9 Å². The van der Waals surface area contributed by atoms with Gasteiger partial charge >= 0.3 is 6.03 Å². The Morgan fingerprint density at radius 2 is 2.11 bits per heavy atom. The van der Waals surface area contributed by atoms with Gasteiger partial charge in [-0.05, 0) is 25.5 Å². The van der Waals surface area contributed by atoms with Crippen LogP contribution in [0.25, 0.3) is 11.0 Å². The average molecular weight is 388 g/mol. The molecule has 0 saturated carbocycles. The fraction of sp³-hybridized carbons (Fsp3) is 0.444. The smallest absolute Gasteiger partial charge is 0.359 e. The second-order valence-electron chi connectivity index (χ2n) is 7.45. The highest BCUT2D eigenvalue weighted by Gasteiger charge is 2.64. The summed E-state index contributed by atoms with van der Waals surface area (Å²) in [5.41, 5.74) is 0.930. The molecule has 5 rings (SSSR count). The highest BCUT2D eigenvalue weighted by molar-refractivity contribution is 6.20. The van der Waals surface area contributed by atoms with E-state index in [0.717, 1.165) is 11.1 Å². The topological polar surface area (TPSA) is 105 Å². The lowest BCUT2D eigenvalue weighted by molar-refractivity contribution is -0.168. The van der Waals surface area contributed by atoms with E-state index in [-0.39, 0.29) is 6.42 Å². The molecule has 3 aliphatic rings. The number of imide groups is 2. The minimum atomic E-state index is -1.81. The zero-order valence-electron chi connectivity index (χ0n) is 15.2. The largest absolute Gasteiger partial charge is 0.374 e. The zero-order chi connectivity index (χ0) is 19.8. The van der Waals surface area contributed by atoms with E-state index >= 15 is 0 Å². The first-order chi connectivity index (χ1) is 13.3. The van der Waals surface area contributed by atoms with Crippen LogP contribution in [-0.2, 0) is 20.7 Å². The number of ether oxygens (including phenoxy) is 1. The van der Waals surface area contributed by atoms with Gasteiger partial charge in [-0.2, -0.15) is 0 Å². The van der Waals surface area contributed by atoms with Crippen molar-refractivity contribution < 1.29 is 28.1 Å². The number of barbiturate groups is 1. The van der Waals surface area contributed by atoms with Gasteiger partial charge in [0, 0.05) is 30.1 Å². The number of benzene rings is 1. The van der Waals surface area contributed by atoms with E-state index < -0.39 is 40.5 Å². The Labute approximate surface area is 158 Å². The van der Waals surface area contributed by atoms with Crippen molar-refractivity contribution in [3.63, 3.8) is 0 Å². The Morgan fingerprint density at radius 3 is 2.89 bits per heavy atom. The monoisotopic (exact) mass is 388 g/mol. The van der Waals surface area contributed by atoms with Crippen LogP contribution in [0, 0.1) is 12.3 Å². The third-order valence-electron chi connectivity index (χ3n) is 5.99. The summed E-state index contributed by atoms with van der Waals surface area (Å²) in [5, 5.41) is 6.20. The number of urea groups is 1. The van der Waals surface area contributed by atoms with Gasteiger partial charge in [0.1, 0.15) is 0 Å². The molecule has 28 heavy (non-hydrogen) atoms. The van der Waals surface area contributed by atoms with Crippen LogP contribution in [0.15, 0.2) is 16.7 Å². The molecule has 1 N–H and O–H groups in total. The van der Waals surface area contributed by atoms with E-state index in [1.807, 2.05) is 22.3 Å². The van der Waals surface area contributed by atoms with E-state index in [4.69, 9.17) is 9.26 Å². The molecule has 3 aliphatic heterocycles. The zero-order valence-corrected chi connectivity index (χ0v) is 15.2. The maximum absolute atomic E-state index is 14.3. The summed E-state index contributed by atoms with van der Waals surface area (Å²) in [6.07, 6.45) is -0.596. The van der Waals surface area contributed by atoms with Gasteiger partial charge in [0.05, 0.1) is 24.4 Å². The van der Waals surface area contributed by atoms with Gasteiger partial charge < -0.3 is 14.2 Å². The van der Waals surface area contributed by atoms with Crippen LogP contribution >= 0.6 is 0 Å². The van der Waals surface area contributed by atoms with Crippen molar-refractivity contribution in [1.29, 1.82) is 0 Å². The first-order valence-electron chi connectivity index (χ1n) is 8.97. The van der Waals surface area contributed by atoms with Crippen LogP contribution in [0.5, 0.6) is 0 Å². The summed E-state index contributed by atoms with van der Waals surface area (Å²) < 4.78 is 25.4. The molecule has 10 heteroatoms. The Bertz CT molecular complexity index is 1050. The molecule has 1 spiro atoms. The number of nitrogens with zero attached hydrogens (tertiary/aromatic N) is 3. The number of aromatic nitrogens is 1. The lowest BCUT2D eigenvalue weighted by Gasteiger charge is -2.54. The summed E-state index contributed by atoms with van der Waals surface area (Å²) in [6, 6.07) is 1.50. The minimum Gasteiger partial charge on any atom is -0.374 e. The number of aryl methyl sites for hydroxylation is 1. The van der Waals surface area contributed by atoms with E-state index in [2.05, 4.69) is 5.16 Å². The number of hydrogen-bond donors (Lipinski definition) is 1. The summed E-state index contributed by atoms with van der Waals surface area (Å²) in [7, 11) is 0. The number of halogens is 1. The van der Waals surface area contributed by atoms with E-state index in [9.17, 15) is 18.9 Å². The van der Waals surface area contributed by atoms with Gasteiger partial charge in [0.25, 0.3) is 5.91 Å². The maximum Gasteiger partial charge on any atom is 0.359 e. The first kappa shape index (κ1) is 17.1. The Balaban J connectivity index is 1.76. The fourth-order valence-corrected chi connectivity index (χ4v) is 4.75. The number of morpholine rings is 1. The molecular formula is C18H17FN4O5. The van der Waals surface area contributed by atoms with Crippen molar-refractivity contribution in [2.45, 2.75) is 32.4 Å². The fourth-order valence-electron chi connectivity index (χ4n) is 4.75. The van der Waals surface area contributed by atoms with Crippen molar-refractivity contribution in [1.82, 2.24) is 15.6 Å². The Morgan fingerprint density at radius 1 is 1.32 bits per heavy atom. The van der Waals surface area contributed by atoms with Crippen molar-refractivity contribution in [3.8, 4) is 0 Å². The number of fused-ring (bicyclic) bond motifs is 5. The van der Waals surface area contributed by atoms with Crippen molar-refractivity contribution >= 4 is 34.5 Å². The molecule has 4 heterocycles. The molecule has 4 amide bonds. The van der Waals surface area contributed by atoms with Crippen molar-refractivity contribution in [2.24, 2.45) is 5.41 Å². The quantitative estimate of drug-likeness (QED) is 0.535. The normalized spacial score (nSPS) is 29.9. The first-order valence-corrected chi connectivity index (χ1v) is 8.97. The highest BCUT2D eigenvalue weighted by Crippen LogP contribution is 2.48. The third kappa shape index (κ3) is 1.98. The molecule has 2 aromatic rings. The van der Waals surface area contributed by atoms with Gasteiger partial charge in [0.15, 0.2) is 11.0 Å². The van der Waals surface area contributed by atoms with Gasteiger partial charge in [-0.1, -0.05) is 14.8 Å². The molecule has 0 aliphatic carbocycles. The van der Waals surface area contributed by atoms with Crippen LogP contribution in [0.2, 0.25) is 0 Å². The van der Waals surface area contributed by atoms with Gasteiger partial charge in [-0.25, -0.2) is 4.79 Å². The number of nitrogens with one attached hydrogen (secondary N) is 1. The maximum atomic E-state index is 14.3. The number of anilines is 1. The minimum absolute atomic E-state index is 0.0594. The summed E-state index contributed by atoms with van der Waals surface area (Å²) in [5.74, 6) is -1.97. The van der Waals surface area contributed by atoms with E-state index in [1.165, 1.54) is 0 Å². The molecule has 0 bridgehead atoms. The van der Waals surface area contributed by atoms with Gasteiger partial charge in [-0.15, -0.1) is 0 Å². The molecule has 2 fully saturated rings. The van der Waals surface area contributed by atoms with Gasteiger partial charge in [0.2, 0.25) is 5.91 Å². The number of carbonyl (C=O) groups excluding carboxylic acids is 3. The number of rotatable bonds is 0. The van der Waals surface area contributed by atoms with Crippen LogP contribution in [-0.4, -0.2) is 53.4 Å². The van der Waals surface area contributed by atoms with Crippen molar-refractivity contribution in [3.05, 3.63) is 23.4 Å². The summed E-state index contributed by atoms with van der Waals surface area (Å²) in [4.78, 5) is 39.5. The van der Waals surface area contributed by atoms with E-state index in [1.54, 1.807) is 13.8 Å². The molecule has 1 aromatic heterocycles. The average Bonchev–Trinajstić information content (AvgIpc) is 3.03. The SMILES string of the molecule is Cc1noc2cc3c(cc12)CC1(C(=O)NC(=O)N(F)C1=O)C1C(C)OCCN31. The summed E-state index contributed by atoms with van der Waals surface area (Å²) in [6.45, 7) is 4.31. The number of amides is 4. The third-order valence-corrected chi connectivity index (χ3v) is 5.99. The van der Waals surface area contributed by atoms with Crippen LogP contribution in [0.1, 0.15) is 18.2 Å². The van der Waals surface area contributed by atoms with Crippen molar-refractivity contribution in [2.75, 3.05) is 18.1 Å². The van der Waals surface area contributed by atoms with Crippen LogP contribution in [0.3, 0.4) is 0 Å². The van der Waals surface area contributed by atoms with E-state index in [0.29, 0.717) is 30.0 Å². The summed E-state index contributed by atoms with van der Waals surface area (Å²) >= 11 is 0.